The van der Waals surface area contributed by atoms with Crippen LogP contribution in [0.1, 0.15) is 30.4 Å². The van der Waals surface area contributed by atoms with Crippen molar-refractivity contribution in [1.82, 2.24) is 14.5 Å². The average molecular weight is 481 g/mol. The van der Waals surface area contributed by atoms with Gasteiger partial charge in [-0.25, -0.2) is 9.97 Å². The maximum absolute atomic E-state index is 9.34. The molecule has 0 radical (unpaired) electrons. The molecule has 2 aromatic heterocycles. The van der Waals surface area contributed by atoms with Crippen LogP contribution in [0.25, 0.3) is 39.6 Å². The summed E-state index contributed by atoms with van der Waals surface area (Å²) in [6, 6.07) is 30.6. The van der Waals surface area contributed by atoms with Crippen molar-refractivity contribution in [3.8, 4) is 45.7 Å². The molecule has 1 saturated carbocycles. The van der Waals surface area contributed by atoms with Gasteiger partial charge in [0, 0.05) is 28.4 Å². The molecule has 7 rings (SSSR count). The summed E-state index contributed by atoms with van der Waals surface area (Å²) >= 11 is 0. The number of nitrogens with one attached hydrogen (secondary N) is 1. The molecule has 3 heterocycles. The molecule has 1 aliphatic heterocycles. The van der Waals surface area contributed by atoms with Gasteiger partial charge in [-0.1, -0.05) is 48.5 Å². The van der Waals surface area contributed by atoms with Crippen molar-refractivity contribution in [3.63, 3.8) is 0 Å². The lowest BCUT2D eigenvalue weighted by Gasteiger charge is -2.38. The number of para-hydroxylation sites is 1. The van der Waals surface area contributed by atoms with Gasteiger partial charge in [0.2, 0.25) is 0 Å². The van der Waals surface area contributed by atoms with Crippen molar-refractivity contribution in [3.05, 3.63) is 102 Å². The second-order valence-electron chi connectivity index (χ2n) is 9.79. The molecule has 3 N–H and O–H groups in total. The van der Waals surface area contributed by atoms with Crippen LogP contribution < -0.4 is 11.1 Å². The third-order valence-corrected chi connectivity index (χ3v) is 7.59. The molecule has 3 aromatic carbocycles. The molecule has 37 heavy (non-hydrogen) atoms. The Morgan fingerprint density at radius 2 is 1.65 bits per heavy atom. The third kappa shape index (κ3) is 3.36. The van der Waals surface area contributed by atoms with Crippen molar-refractivity contribution in [2.45, 2.75) is 24.8 Å². The number of benzene rings is 3. The van der Waals surface area contributed by atoms with Gasteiger partial charge in [0.1, 0.15) is 5.82 Å². The number of rotatable bonds is 3. The normalized spacial score (nSPS) is 14.7. The molecule has 1 aliphatic carbocycles. The van der Waals surface area contributed by atoms with Crippen LogP contribution in [-0.2, 0) is 5.54 Å². The predicted molar refractivity (Wildman–Crippen MR) is 145 cm³/mol. The summed E-state index contributed by atoms with van der Waals surface area (Å²) in [6.07, 6.45) is 5.01. The van der Waals surface area contributed by atoms with Gasteiger partial charge < -0.3 is 11.1 Å². The van der Waals surface area contributed by atoms with Gasteiger partial charge in [0.25, 0.3) is 0 Å². The van der Waals surface area contributed by atoms with Crippen LogP contribution in [0.15, 0.2) is 91.1 Å². The smallest absolute Gasteiger partial charge is 0.154 e. The molecule has 0 atom stereocenters. The zero-order valence-corrected chi connectivity index (χ0v) is 20.1. The molecule has 0 spiro atoms. The van der Waals surface area contributed by atoms with Gasteiger partial charge in [-0.15, -0.1) is 0 Å². The Morgan fingerprint density at radius 1 is 0.892 bits per heavy atom. The minimum atomic E-state index is -0.220. The monoisotopic (exact) mass is 480 g/mol. The predicted octanol–water partition coefficient (Wildman–Crippen LogP) is 6.53. The molecule has 0 amide bonds. The number of anilines is 2. The first kappa shape index (κ1) is 21.5. The molecule has 2 aliphatic rings. The van der Waals surface area contributed by atoms with Gasteiger partial charge >= 0.3 is 0 Å². The Kier molecular flexibility index (Phi) is 4.75. The van der Waals surface area contributed by atoms with Gasteiger partial charge in [-0.2, -0.15) is 5.26 Å². The Bertz CT molecular complexity index is 1690. The van der Waals surface area contributed by atoms with E-state index in [0.717, 1.165) is 63.9 Å². The highest BCUT2D eigenvalue weighted by atomic mass is 15.2. The second-order valence-corrected chi connectivity index (χ2v) is 9.79. The zero-order valence-electron chi connectivity index (χ0n) is 20.1. The fourth-order valence-corrected chi connectivity index (χ4v) is 5.40. The van der Waals surface area contributed by atoms with E-state index in [1.165, 1.54) is 12.0 Å². The first-order chi connectivity index (χ1) is 18.1. The fourth-order valence-electron chi connectivity index (χ4n) is 5.40. The lowest BCUT2D eigenvalue weighted by molar-refractivity contribution is 0.253. The highest BCUT2D eigenvalue weighted by molar-refractivity contribution is 5.90. The number of hydrogen-bond acceptors (Lipinski definition) is 5. The molecule has 5 aromatic rings. The summed E-state index contributed by atoms with van der Waals surface area (Å²) in [4.78, 5) is 9.91. The van der Waals surface area contributed by atoms with Gasteiger partial charge in [0.05, 0.1) is 34.4 Å². The molecule has 6 heteroatoms. The lowest BCUT2D eigenvalue weighted by atomic mass is 9.72. The van der Waals surface area contributed by atoms with E-state index < -0.39 is 0 Å². The van der Waals surface area contributed by atoms with Crippen LogP contribution in [0, 0.1) is 11.3 Å². The zero-order chi connectivity index (χ0) is 25.0. The Morgan fingerprint density at radius 3 is 2.38 bits per heavy atom. The van der Waals surface area contributed by atoms with Crippen LogP contribution in [0.3, 0.4) is 0 Å². The fraction of sp³-hybridized carbons (Fsp3) is 0.129. The molecule has 0 bridgehead atoms. The SMILES string of the molecule is N#Cc1ccc(-c2nc3n(c2-c2ccc(C4(N)CCC4)cc2)-c2cccnc2Nc2ccccc2-3)cc1. The maximum Gasteiger partial charge on any atom is 0.154 e. The topological polar surface area (TPSA) is 92.5 Å². The maximum atomic E-state index is 9.34. The van der Waals surface area contributed by atoms with Crippen LogP contribution >= 0.6 is 0 Å². The van der Waals surface area contributed by atoms with Crippen molar-refractivity contribution in [1.29, 1.82) is 5.26 Å². The van der Waals surface area contributed by atoms with E-state index in [0.29, 0.717) is 5.56 Å². The molecular weight excluding hydrogens is 456 g/mol. The number of nitrogens with zero attached hydrogens (tertiary/aromatic N) is 4. The molecule has 0 unspecified atom stereocenters. The van der Waals surface area contributed by atoms with E-state index in [2.05, 4.69) is 57.3 Å². The van der Waals surface area contributed by atoms with E-state index in [9.17, 15) is 5.26 Å². The molecule has 0 saturated heterocycles. The molecule has 178 valence electrons. The number of pyridine rings is 1. The number of nitrogens with two attached hydrogens (primary N) is 1. The summed E-state index contributed by atoms with van der Waals surface area (Å²) in [5.74, 6) is 1.60. The van der Waals surface area contributed by atoms with Crippen LogP contribution in [0.2, 0.25) is 0 Å². The Labute approximate surface area is 215 Å². The van der Waals surface area contributed by atoms with E-state index in [1.807, 2.05) is 48.5 Å². The number of aromatic nitrogens is 3. The number of imidazole rings is 1. The number of nitriles is 1. The first-order valence-corrected chi connectivity index (χ1v) is 12.5. The summed E-state index contributed by atoms with van der Waals surface area (Å²) in [6.45, 7) is 0. The summed E-state index contributed by atoms with van der Waals surface area (Å²) in [5.41, 5.74) is 14.9. The molecule has 1 fully saturated rings. The van der Waals surface area contributed by atoms with Crippen LogP contribution in [-0.4, -0.2) is 14.5 Å². The standard InChI is InChI=1S/C31H24N6/c32-19-20-8-10-21(11-9-20)27-28(22-12-14-23(15-13-22)31(33)16-4-17-31)37-26-7-3-18-34-29(26)35-25-6-2-1-5-24(25)30(37)36-27/h1-3,5-15,18H,4,16-17,33H2,(H,34,35). The summed E-state index contributed by atoms with van der Waals surface area (Å²) in [5, 5.41) is 12.8. The Balaban J connectivity index is 1.52. The number of fused-ring (bicyclic) bond motifs is 5. The van der Waals surface area contributed by atoms with Crippen LogP contribution in [0.5, 0.6) is 0 Å². The number of hydrogen-bond donors (Lipinski definition) is 2. The van der Waals surface area contributed by atoms with Gasteiger partial charge in [0.15, 0.2) is 5.82 Å². The summed E-state index contributed by atoms with van der Waals surface area (Å²) in [7, 11) is 0. The van der Waals surface area contributed by atoms with Crippen molar-refractivity contribution >= 4 is 11.5 Å². The average Bonchev–Trinajstić information content (AvgIpc) is 3.26. The van der Waals surface area contributed by atoms with Crippen molar-refractivity contribution < 1.29 is 0 Å². The quantitative estimate of drug-likeness (QED) is 0.300. The van der Waals surface area contributed by atoms with E-state index in [-0.39, 0.29) is 5.54 Å². The van der Waals surface area contributed by atoms with E-state index in [1.54, 1.807) is 6.20 Å². The summed E-state index contributed by atoms with van der Waals surface area (Å²) < 4.78 is 2.20. The highest BCUT2D eigenvalue weighted by Gasteiger charge is 2.34. The largest absolute Gasteiger partial charge is 0.338 e. The van der Waals surface area contributed by atoms with Crippen molar-refractivity contribution in [2.24, 2.45) is 5.73 Å². The minimum absolute atomic E-state index is 0.220. The third-order valence-electron chi connectivity index (χ3n) is 7.59. The lowest BCUT2D eigenvalue weighted by Crippen LogP contribution is -2.43. The van der Waals surface area contributed by atoms with Gasteiger partial charge in [-0.3, -0.25) is 4.57 Å². The minimum Gasteiger partial charge on any atom is -0.338 e. The van der Waals surface area contributed by atoms with E-state index in [4.69, 9.17) is 10.7 Å². The van der Waals surface area contributed by atoms with Crippen molar-refractivity contribution in [2.75, 3.05) is 5.32 Å². The molecule has 6 nitrogen and oxygen atoms in total. The first-order valence-electron chi connectivity index (χ1n) is 12.5. The van der Waals surface area contributed by atoms with Gasteiger partial charge in [-0.05, 0) is 61.2 Å². The van der Waals surface area contributed by atoms with E-state index >= 15 is 0 Å². The second kappa shape index (κ2) is 8.16. The highest BCUT2D eigenvalue weighted by Crippen LogP contribution is 2.45. The Hall–Kier alpha value is -4.73. The molecular formula is C31H24N6. The van der Waals surface area contributed by atoms with Crippen LogP contribution in [0.4, 0.5) is 11.5 Å².